The molecule has 1 heterocycles. The lowest BCUT2D eigenvalue weighted by Crippen LogP contribution is -2.35. The Morgan fingerprint density at radius 3 is 2.34 bits per heavy atom. The van der Waals surface area contributed by atoms with Crippen LogP contribution in [0.3, 0.4) is 0 Å². The van der Waals surface area contributed by atoms with Crippen LogP contribution in [0.1, 0.15) is 24.8 Å². The summed E-state index contributed by atoms with van der Waals surface area (Å²) >= 11 is 0. The molecule has 154 valence electrons. The minimum absolute atomic E-state index is 0.0894. The molecule has 10 heteroatoms. The van der Waals surface area contributed by atoms with E-state index in [0.29, 0.717) is 18.8 Å². The number of nitrogens with one attached hydrogen (secondary N) is 1. The molecule has 0 bridgehead atoms. The highest BCUT2D eigenvalue weighted by atomic mass is 32.2. The maximum Gasteiger partial charge on any atom is 0.294 e. The van der Waals surface area contributed by atoms with Crippen LogP contribution in [0.25, 0.3) is 0 Å². The lowest BCUT2D eigenvalue weighted by atomic mass is 10.1. The Hall–Kier alpha value is -2.98. The quantitative estimate of drug-likeness (QED) is 0.524. The number of sulfonamides is 1. The topological polar surface area (TPSA) is 136 Å². The van der Waals surface area contributed by atoms with Gasteiger partial charge in [0.05, 0.1) is 16.2 Å². The minimum Gasteiger partial charge on any atom is -0.369 e. The van der Waals surface area contributed by atoms with Gasteiger partial charge in [0.1, 0.15) is 5.69 Å². The van der Waals surface area contributed by atoms with Gasteiger partial charge in [0.15, 0.2) is 0 Å². The number of primary amides is 1. The monoisotopic (exact) mass is 418 g/mol. The zero-order chi connectivity index (χ0) is 21.0. The molecule has 3 rings (SSSR count). The fraction of sp³-hybridized carbons (Fsp3) is 0.316. The van der Waals surface area contributed by atoms with Gasteiger partial charge in [-0.2, -0.15) is 4.31 Å². The first-order valence-electron chi connectivity index (χ1n) is 9.20. The highest BCUT2D eigenvalue weighted by Crippen LogP contribution is 2.32. The summed E-state index contributed by atoms with van der Waals surface area (Å²) in [6.07, 6.45) is 2.65. The van der Waals surface area contributed by atoms with Crippen molar-refractivity contribution < 1.29 is 18.1 Å². The number of carbonyl (C=O) groups excluding carboxylic acids is 1. The summed E-state index contributed by atoms with van der Waals surface area (Å²) in [6.45, 7) is 0.849. The third kappa shape index (κ3) is 4.90. The second kappa shape index (κ2) is 8.58. The average molecular weight is 418 g/mol. The van der Waals surface area contributed by atoms with E-state index in [9.17, 15) is 23.3 Å². The molecular formula is C19H22N4O5S. The van der Waals surface area contributed by atoms with Crippen LogP contribution in [-0.2, 0) is 21.2 Å². The minimum atomic E-state index is -3.77. The summed E-state index contributed by atoms with van der Waals surface area (Å²) in [6, 6.07) is 10.6. The summed E-state index contributed by atoms with van der Waals surface area (Å²) in [5, 5.41) is 14.5. The fourth-order valence-corrected chi connectivity index (χ4v) is 4.78. The molecule has 1 aliphatic heterocycles. The van der Waals surface area contributed by atoms with Gasteiger partial charge in [-0.15, -0.1) is 0 Å². The Labute approximate surface area is 168 Å². The summed E-state index contributed by atoms with van der Waals surface area (Å²) in [7, 11) is -3.77. The molecule has 0 radical (unpaired) electrons. The van der Waals surface area contributed by atoms with E-state index in [-0.39, 0.29) is 22.7 Å². The van der Waals surface area contributed by atoms with Crippen molar-refractivity contribution in [2.45, 2.75) is 30.6 Å². The van der Waals surface area contributed by atoms with E-state index in [4.69, 9.17) is 5.73 Å². The number of nitrogens with two attached hydrogens (primary N) is 1. The Kier molecular flexibility index (Phi) is 6.14. The maximum atomic E-state index is 12.8. The Morgan fingerprint density at radius 1 is 1.10 bits per heavy atom. The Balaban J connectivity index is 1.86. The standard InChI is InChI=1S/C19H22N4O5S/c20-19(24)12-14-4-6-15(7-5-14)21-17-9-8-16(13-18(17)23(25)26)29(27,28)22-10-2-1-3-11-22/h4-9,13,21H,1-3,10-12H2,(H2,20,24). The van der Waals surface area contributed by atoms with Gasteiger partial charge in [0.25, 0.3) is 5.69 Å². The van der Waals surface area contributed by atoms with Crippen LogP contribution < -0.4 is 11.1 Å². The van der Waals surface area contributed by atoms with E-state index in [1.165, 1.54) is 16.4 Å². The van der Waals surface area contributed by atoms with Crippen LogP contribution in [0, 0.1) is 10.1 Å². The molecule has 1 amide bonds. The van der Waals surface area contributed by atoms with Crippen LogP contribution in [0.2, 0.25) is 0 Å². The van der Waals surface area contributed by atoms with Gasteiger partial charge < -0.3 is 11.1 Å². The van der Waals surface area contributed by atoms with E-state index in [2.05, 4.69) is 5.32 Å². The predicted molar refractivity (Wildman–Crippen MR) is 108 cm³/mol. The number of rotatable bonds is 7. The van der Waals surface area contributed by atoms with Gasteiger partial charge in [-0.3, -0.25) is 14.9 Å². The summed E-state index contributed by atoms with van der Waals surface area (Å²) in [4.78, 5) is 21.8. The smallest absolute Gasteiger partial charge is 0.294 e. The first-order valence-corrected chi connectivity index (χ1v) is 10.6. The maximum absolute atomic E-state index is 12.8. The second-order valence-corrected chi connectivity index (χ2v) is 8.80. The molecule has 2 aromatic rings. The van der Waals surface area contributed by atoms with Crippen LogP contribution in [0.15, 0.2) is 47.4 Å². The average Bonchev–Trinajstić information content (AvgIpc) is 2.69. The van der Waals surface area contributed by atoms with Gasteiger partial charge in [0.2, 0.25) is 15.9 Å². The third-order valence-corrected chi connectivity index (χ3v) is 6.62. The number of carbonyl (C=O) groups is 1. The molecule has 1 aliphatic rings. The van der Waals surface area contributed by atoms with Crippen molar-refractivity contribution in [2.24, 2.45) is 5.73 Å². The van der Waals surface area contributed by atoms with Gasteiger partial charge >= 0.3 is 0 Å². The van der Waals surface area contributed by atoms with E-state index in [0.717, 1.165) is 30.9 Å². The number of nitro groups is 1. The number of nitrogens with zero attached hydrogens (tertiary/aromatic N) is 2. The summed E-state index contributed by atoms with van der Waals surface area (Å²) in [5.74, 6) is -0.452. The number of anilines is 2. The van der Waals surface area contributed by atoms with Gasteiger partial charge in [-0.05, 0) is 42.7 Å². The number of nitro benzene ring substituents is 1. The van der Waals surface area contributed by atoms with Crippen molar-refractivity contribution in [3.05, 3.63) is 58.1 Å². The van der Waals surface area contributed by atoms with Gasteiger partial charge in [-0.1, -0.05) is 18.6 Å². The number of benzene rings is 2. The predicted octanol–water partition coefficient (Wildman–Crippen LogP) is 2.54. The summed E-state index contributed by atoms with van der Waals surface area (Å²) in [5.41, 5.74) is 6.29. The molecule has 2 aromatic carbocycles. The molecule has 0 aliphatic carbocycles. The van der Waals surface area contributed by atoms with Gasteiger partial charge in [-0.25, -0.2) is 8.42 Å². The van der Waals surface area contributed by atoms with Crippen LogP contribution in [-0.4, -0.2) is 36.6 Å². The SMILES string of the molecule is NC(=O)Cc1ccc(Nc2ccc(S(=O)(=O)N3CCCCC3)cc2[N+](=O)[O-])cc1. The number of hydrogen-bond donors (Lipinski definition) is 2. The van der Waals surface area contributed by atoms with Crippen molar-refractivity contribution in [3.63, 3.8) is 0 Å². The molecule has 0 atom stereocenters. The molecule has 9 nitrogen and oxygen atoms in total. The van der Waals surface area contributed by atoms with Crippen LogP contribution in [0.5, 0.6) is 0 Å². The van der Waals surface area contributed by atoms with E-state index in [1.807, 2.05) is 0 Å². The van der Waals surface area contributed by atoms with Crippen molar-refractivity contribution >= 4 is 33.0 Å². The van der Waals surface area contributed by atoms with Crippen molar-refractivity contribution in [1.29, 1.82) is 0 Å². The number of amides is 1. The molecule has 0 unspecified atom stereocenters. The third-order valence-electron chi connectivity index (χ3n) is 4.73. The molecular weight excluding hydrogens is 396 g/mol. The van der Waals surface area contributed by atoms with E-state index < -0.39 is 20.9 Å². The van der Waals surface area contributed by atoms with Crippen LogP contribution in [0.4, 0.5) is 17.1 Å². The van der Waals surface area contributed by atoms with Gasteiger partial charge in [0, 0.05) is 24.8 Å². The Bertz CT molecular complexity index is 1020. The lowest BCUT2D eigenvalue weighted by molar-refractivity contribution is -0.384. The van der Waals surface area contributed by atoms with Crippen molar-refractivity contribution in [2.75, 3.05) is 18.4 Å². The zero-order valence-corrected chi connectivity index (χ0v) is 16.5. The Morgan fingerprint density at radius 2 is 1.76 bits per heavy atom. The largest absolute Gasteiger partial charge is 0.369 e. The highest BCUT2D eigenvalue weighted by Gasteiger charge is 2.28. The van der Waals surface area contributed by atoms with Crippen molar-refractivity contribution in [1.82, 2.24) is 4.31 Å². The number of hydrogen-bond acceptors (Lipinski definition) is 6. The number of piperidine rings is 1. The molecule has 0 saturated carbocycles. The normalized spacial score (nSPS) is 15.0. The zero-order valence-electron chi connectivity index (χ0n) is 15.7. The first-order chi connectivity index (χ1) is 13.8. The highest BCUT2D eigenvalue weighted by molar-refractivity contribution is 7.89. The molecule has 29 heavy (non-hydrogen) atoms. The molecule has 1 saturated heterocycles. The molecule has 0 spiro atoms. The summed E-state index contributed by atoms with van der Waals surface area (Å²) < 4.78 is 27.0. The fourth-order valence-electron chi connectivity index (χ4n) is 3.25. The van der Waals surface area contributed by atoms with Crippen LogP contribution >= 0.6 is 0 Å². The van der Waals surface area contributed by atoms with E-state index in [1.54, 1.807) is 24.3 Å². The molecule has 3 N–H and O–H groups in total. The second-order valence-electron chi connectivity index (χ2n) is 6.87. The lowest BCUT2D eigenvalue weighted by Gasteiger charge is -2.25. The first kappa shape index (κ1) is 20.7. The molecule has 0 aromatic heterocycles. The van der Waals surface area contributed by atoms with Crippen molar-refractivity contribution in [3.8, 4) is 0 Å². The van der Waals surface area contributed by atoms with E-state index >= 15 is 0 Å². The molecule has 1 fully saturated rings.